The van der Waals surface area contributed by atoms with Gasteiger partial charge in [-0.15, -0.1) is 23.5 Å². The molecule has 1 saturated heterocycles. The van der Waals surface area contributed by atoms with E-state index in [0.29, 0.717) is 4.08 Å². The van der Waals surface area contributed by atoms with Crippen molar-refractivity contribution in [2.45, 2.75) is 23.8 Å². The van der Waals surface area contributed by atoms with Gasteiger partial charge in [-0.05, 0) is 25.7 Å². The van der Waals surface area contributed by atoms with Gasteiger partial charge in [-0.2, -0.15) is 0 Å². The predicted molar refractivity (Wildman–Crippen MR) is 46.0 cm³/mol. The summed E-state index contributed by atoms with van der Waals surface area (Å²) in [5, 5.41) is 0. The van der Waals surface area contributed by atoms with Crippen LogP contribution in [-0.2, 0) is 0 Å². The summed E-state index contributed by atoms with van der Waals surface area (Å²) in [5.74, 6) is 3.84. The number of thioether (sulfide) groups is 2. The van der Waals surface area contributed by atoms with Gasteiger partial charge in [0.25, 0.3) is 0 Å². The lowest BCUT2D eigenvalue weighted by molar-refractivity contribution is 0.771. The highest BCUT2D eigenvalue weighted by Gasteiger charge is 2.44. The van der Waals surface area contributed by atoms with Crippen LogP contribution in [0, 0.1) is 5.92 Å². The van der Waals surface area contributed by atoms with E-state index in [2.05, 4.69) is 30.4 Å². The molecule has 52 valence electrons. The van der Waals surface area contributed by atoms with Gasteiger partial charge in [0.2, 0.25) is 0 Å². The smallest absolute Gasteiger partial charge is 0.0611 e. The van der Waals surface area contributed by atoms with Crippen molar-refractivity contribution in [3.8, 4) is 0 Å². The quantitative estimate of drug-likeness (QED) is 0.578. The van der Waals surface area contributed by atoms with Crippen molar-refractivity contribution in [3.05, 3.63) is 0 Å². The molecule has 1 saturated carbocycles. The van der Waals surface area contributed by atoms with Crippen molar-refractivity contribution in [3.63, 3.8) is 0 Å². The van der Waals surface area contributed by atoms with Gasteiger partial charge in [-0.1, -0.05) is 0 Å². The van der Waals surface area contributed by atoms with Gasteiger partial charge in [-0.25, -0.2) is 0 Å². The van der Waals surface area contributed by atoms with Crippen LogP contribution in [0.15, 0.2) is 0 Å². The monoisotopic (exact) mass is 160 g/mol. The van der Waals surface area contributed by atoms with E-state index in [1.54, 1.807) is 0 Å². The van der Waals surface area contributed by atoms with Gasteiger partial charge in [0, 0.05) is 11.5 Å². The molecular weight excluding hydrogens is 148 g/mol. The third-order valence-electron chi connectivity index (χ3n) is 2.18. The van der Waals surface area contributed by atoms with Crippen molar-refractivity contribution in [1.29, 1.82) is 0 Å². The maximum absolute atomic E-state index is 2.42. The molecule has 9 heavy (non-hydrogen) atoms. The average Bonchev–Trinajstić information content (AvgIpc) is 2.60. The lowest BCUT2D eigenvalue weighted by atomic mass is 10.3. The molecule has 1 aliphatic carbocycles. The minimum absolute atomic E-state index is 0.639. The lowest BCUT2D eigenvalue weighted by Gasteiger charge is -2.20. The second kappa shape index (κ2) is 2.09. The van der Waals surface area contributed by atoms with Crippen LogP contribution in [0.5, 0.6) is 0 Å². The maximum Gasteiger partial charge on any atom is 0.0611 e. The molecule has 0 bridgehead atoms. The Morgan fingerprint density at radius 1 is 1.22 bits per heavy atom. The average molecular weight is 160 g/mol. The zero-order valence-electron chi connectivity index (χ0n) is 5.72. The van der Waals surface area contributed by atoms with Crippen LogP contribution in [0.1, 0.15) is 19.8 Å². The third-order valence-corrected chi connectivity index (χ3v) is 5.77. The van der Waals surface area contributed by atoms with Crippen molar-refractivity contribution < 1.29 is 0 Å². The van der Waals surface area contributed by atoms with Gasteiger partial charge in [0.15, 0.2) is 0 Å². The second-order valence-corrected chi connectivity index (χ2v) is 6.34. The summed E-state index contributed by atoms with van der Waals surface area (Å²) in [6, 6.07) is 0. The first-order valence-corrected chi connectivity index (χ1v) is 5.56. The highest BCUT2D eigenvalue weighted by atomic mass is 32.2. The standard InChI is InChI=1S/C7H12S2/c1-7(6-2-3-6)8-4-5-9-7/h6H,2-5H2,1H3. The molecule has 1 heterocycles. The molecule has 1 aliphatic heterocycles. The molecule has 2 heteroatoms. The molecule has 2 rings (SSSR count). The molecule has 0 radical (unpaired) electrons. The molecule has 0 nitrogen and oxygen atoms in total. The van der Waals surface area contributed by atoms with Crippen molar-refractivity contribution in [2.24, 2.45) is 5.92 Å². The predicted octanol–water partition coefficient (Wildman–Crippen LogP) is 2.59. The Morgan fingerprint density at radius 3 is 2.22 bits per heavy atom. The SMILES string of the molecule is CC1(C2CC2)SCCS1. The summed E-state index contributed by atoms with van der Waals surface area (Å²) < 4.78 is 0.639. The molecule has 2 aliphatic rings. The van der Waals surface area contributed by atoms with Gasteiger partial charge < -0.3 is 0 Å². The van der Waals surface area contributed by atoms with E-state index in [4.69, 9.17) is 0 Å². The fourth-order valence-electron chi connectivity index (χ4n) is 1.37. The fourth-order valence-corrected chi connectivity index (χ4v) is 4.63. The lowest BCUT2D eigenvalue weighted by Crippen LogP contribution is -2.13. The van der Waals surface area contributed by atoms with Crippen LogP contribution in [0.4, 0.5) is 0 Å². The summed E-state index contributed by atoms with van der Waals surface area (Å²) in [4.78, 5) is 0. The molecule has 0 aromatic heterocycles. The van der Waals surface area contributed by atoms with Gasteiger partial charge in [0.1, 0.15) is 0 Å². The van der Waals surface area contributed by atoms with Crippen LogP contribution in [-0.4, -0.2) is 15.6 Å². The van der Waals surface area contributed by atoms with Gasteiger partial charge >= 0.3 is 0 Å². The summed E-state index contributed by atoms with van der Waals surface area (Å²) in [7, 11) is 0. The van der Waals surface area contributed by atoms with E-state index in [0.717, 1.165) is 5.92 Å². The van der Waals surface area contributed by atoms with Crippen LogP contribution >= 0.6 is 23.5 Å². The Morgan fingerprint density at radius 2 is 1.78 bits per heavy atom. The first kappa shape index (κ1) is 6.41. The van der Waals surface area contributed by atoms with E-state index in [-0.39, 0.29) is 0 Å². The molecule has 0 N–H and O–H groups in total. The molecule has 0 aromatic carbocycles. The number of hydrogen-bond acceptors (Lipinski definition) is 2. The summed E-state index contributed by atoms with van der Waals surface area (Å²) in [6.45, 7) is 2.42. The van der Waals surface area contributed by atoms with Gasteiger partial charge in [-0.3, -0.25) is 0 Å². The van der Waals surface area contributed by atoms with Crippen molar-refractivity contribution in [2.75, 3.05) is 11.5 Å². The summed E-state index contributed by atoms with van der Waals surface area (Å²) >= 11 is 4.36. The first-order chi connectivity index (χ1) is 4.31. The molecule has 0 atom stereocenters. The molecule has 2 fully saturated rings. The van der Waals surface area contributed by atoms with E-state index in [1.807, 2.05) is 0 Å². The van der Waals surface area contributed by atoms with Crippen molar-refractivity contribution >= 4 is 23.5 Å². The second-order valence-electron chi connectivity index (χ2n) is 2.99. The first-order valence-electron chi connectivity index (χ1n) is 3.59. The molecule has 0 aromatic rings. The molecular formula is C7H12S2. The van der Waals surface area contributed by atoms with E-state index in [9.17, 15) is 0 Å². The highest BCUT2D eigenvalue weighted by Crippen LogP contribution is 2.57. The normalized spacial score (nSPS) is 33.0. The zero-order valence-corrected chi connectivity index (χ0v) is 7.36. The van der Waals surface area contributed by atoms with Crippen LogP contribution < -0.4 is 0 Å². The minimum atomic E-state index is 0.639. The summed E-state index contributed by atoms with van der Waals surface area (Å²) in [5.41, 5.74) is 0. The molecule has 0 amide bonds. The fraction of sp³-hybridized carbons (Fsp3) is 1.00. The van der Waals surface area contributed by atoms with E-state index < -0.39 is 0 Å². The van der Waals surface area contributed by atoms with Crippen molar-refractivity contribution in [1.82, 2.24) is 0 Å². The van der Waals surface area contributed by atoms with Crippen LogP contribution in [0.3, 0.4) is 0 Å². The topological polar surface area (TPSA) is 0 Å². The Hall–Kier alpha value is 0.700. The Labute approximate surface area is 65.2 Å². The van der Waals surface area contributed by atoms with E-state index >= 15 is 0 Å². The highest BCUT2D eigenvalue weighted by molar-refractivity contribution is 8.21. The Balaban J connectivity index is 2.02. The Bertz CT molecular complexity index is 112. The van der Waals surface area contributed by atoms with Crippen LogP contribution in [0.2, 0.25) is 0 Å². The molecule has 0 spiro atoms. The number of rotatable bonds is 1. The van der Waals surface area contributed by atoms with Crippen LogP contribution in [0.25, 0.3) is 0 Å². The third kappa shape index (κ3) is 1.12. The zero-order chi connectivity index (χ0) is 6.32. The van der Waals surface area contributed by atoms with Gasteiger partial charge in [0.05, 0.1) is 4.08 Å². The minimum Gasteiger partial charge on any atom is -0.143 e. The summed E-state index contributed by atoms with van der Waals surface area (Å²) in [6.07, 6.45) is 2.99. The largest absolute Gasteiger partial charge is 0.143 e. The number of hydrogen-bond donors (Lipinski definition) is 0. The molecule has 0 unspecified atom stereocenters. The maximum atomic E-state index is 2.42. The Kier molecular flexibility index (Phi) is 1.49. The van der Waals surface area contributed by atoms with E-state index in [1.165, 1.54) is 24.3 Å².